The maximum absolute atomic E-state index is 9.21. The zero-order valence-corrected chi connectivity index (χ0v) is 12.5. The molecule has 0 amide bonds. The Balaban J connectivity index is 2.29. The molecular formula is C12H13N5S2. The smallest absolute Gasteiger partial charge is 0.206 e. The summed E-state index contributed by atoms with van der Waals surface area (Å²) in [7, 11) is 0. The van der Waals surface area contributed by atoms with Crippen molar-refractivity contribution in [2.45, 2.75) is 30.0 Å². The molecule has 0 aliphatic carbocycles. The maximum atomic E-state index is 9.21. The van der Waals surface area contributed by atoms with Crippen LogP contribution in [0.15, 0.2) is 15.3 Å². The number of hydrogen-bond donors (Lipinski definition) is 1. The molecule has 0 saturated carbocycles. The van der Waals surface area contributed by atoms with Gasteiger partial charge in [0.05, 0.1) is 11.3 Å². The van der Waals surface area contributed by atoms with Gasteiger partial charge in [-0.1, -0.05) is 23.1 Å². The summed E-state index contributed by atoms with van der Waals surface area (Å²) in [5.74, 6) is 0. The van der Waals surface area contributed by atoms with Gasteiger partial charge in [0.2, 0.25) is 5.13 Å². The van der Waals surface area contributed by atoms with Crippen LogP contribution in [-0.2, 0) is 0 Å². The Morgan fingerprint density at radius 1 is 1.42 bits per heavy atom. The first-order chi connectivity index (χ1) is 9.13. The highest BCUT2D eigenvalue weighted by molar-refractivity contribution is 8.01. The lowest BCUT2D eigenvalue weighted by Crippen LogP contribution is -1.94. The van der Waals surface area contributed by atoms with E-state index in [1.165, 1.54) is 23.1 Å². The molecule has 19 heavy (non-hydrogen) atoms. The van der Waals surface area contributed by atoms with Gasteiger partial charge in [0, 0.05) is 17.1 Å². The minimum atomic E-state index is 0.607. The average molecular weight is 291 g/mol. The molecule has 0 saturated heterocycles. The second kappa shape index (κ2) is 5.99. The summed E-state index contributed by atoms with van der Waals surface area (Å²) in [6.07, 6.45) is 0. The van der Waals surface area contributed by atoms with E-state index in [9.17, 15) is 5.26 Å². The third-order valence-electron chi connectivity index (χ3n) is 2.34. The molecule has 98 valence electrons. The monoisotopic (exact) mass is 291 g/mol. The molecule has 1 N–H and O–H groups in total. The number of nitrogens with one attached hydrogen (secondary N) is 1. The standard InChI is InChI=1S/C12H13N5S2/c1-4-14-11-16-17-12(19-11)18-10-5-7(2)15-8(3)9(10)6-13/h5H,4H2,1-3H3,(H,14,16). The predicted molar refractivity (Wildman–Crippen MR) is 76.6 cm³/mol. The van der Waals surface area contributed by atoms with Crippen LogP contribution in [0.25, 0.3) is 0 Å². The second-order valence-corrected chi connectivity index (χ2v) is 6.11. The third-order valence-corrected chi connectivity index (χ3v) is 4.31. The van der Waals surface area contributed by atoms with Gasteiger partial charge in [0.1, 0.15) is 6.07 Å². The van der Waals surface area contributed by atoms with Gasteiger partial charge in [0.25, 0.3) is 0 Å². The minimum Gasteiger partial charge on any atom is -0.360 e. The predicted octanol–water partition coefficient (Wildman–Crippen LogP) is 3.00. The Hall–Kier alpha value is -1.65. The highest BCUT2D eigenvalue weighted by atomic mass is 32.2. The molecule has 0 unspecified atom stereocenters. The number of nitrogens with zero attached hydrogens (tertiary/aromatic N) is 4. The summed E-state index contributed by atoms with van der Waals surface area (Å²) in [5, 5.41) is 21.3. The van der Waals surface area contributed by atoms with Gasteiger partial charge in [-0.3, -0.25) is 4.98 Å². The van der Waals surface area contributed by atoms with Crippen molar-refractivity contribution in [3.05, 3.63) is 23.0 Å². The Labute approximate surface area is 120 Å². The van der Waals surface area contributed by atoms with E-state index in [-0.39, 0.29) is 0 Å². The average Bonchev–Trinajstić information content (AvgIpc) is 2.76. The molecule has 0 aromatic carbocycles. The van der Waals surface area contributed by atoms with Crippen LogP contribution in [0.1, 0.15) is 23.9 Å². The number of rotatable bonds is 4. The second-order valence-electron chi connectivity index (χ2n) is 3.84. The van der Waals surface area contributed by atoms with E-state index in [1.807, 2.05) is 26.8 Å². The molecule has 7 heteroatoms. The Kier molecular flexibility index (Phi) is 4.35. The fraction of sp³-hybridized carbons (Fsp3) is 0.333. The molecule has 0 spiro atoms. The van der Waals surface area contributed by atoms with E-state index in [0.29, 0.717) is 5.56 Å². The zero-order chi connectivity index (χ0) is 13.8. The van der Waals surface area contributed by atoms with Crippen molar-refractivity contribution in [3.8, 4) is 6.07 Å². The zero-order valence-electron chi connectivity index (χ0n) is 10.9. The highest BCUT2D eigenvalue weighted by Gasteiger charge is 2.12. The van der Waals surface area contributed by atoms with Gasteiger partial charge in [-0.05, 0) is 26.8 Å². The van der Waals surface area contributed by atoms with Crippen molar-refractivity contribution in [1.29, 1.82) is 5.26 Å². The maximum Gasteiger partial charge on any atom is 0.206 e. The van der Waals surface area contributed by atoms with Crippen molar-refractivity contribution in [2.75, 3.05) is 11.9 Å². The topological polar surface area (TPSA) is 74.5 Å². The molecule has 0 radical (unpaired) electrons. The van der Waals surface area contributed by atoms with Crippen molar-refractivity contribution >= 4 is 28.2 Å². The molecule has 0 atom stereocenters. The SMILES string of the molecule is CCNc1nnc(Sc2cc(C)nc(C)c2C#N)s1. The highest BCUT2D eigenvalue weighted by Crippen LogP contribution is 2.34. The van der Waals surface area contributed by atoms with Crippen molar-refractivity contribution in [2.24, 2.45) is 0 Å². The summed E-state index contributed by atoms with van der Waals surface area (Å²) in [6.45, 7) is 6.59. The van der Waals surface area contributed by atoms with Crippen LogP contribution in [0.3, 0.4) is 0 Å². The lowest BCUT2D eigenvalue weighted by atomic mass is 10.2. The molecule has 0 fully saturated rings. The van der Waals surface area contributed by atoms with E-state index in [2.05, 4.69) is 26.6 Å². The van der Waals surface area contributed by atoms with E-state index < -0.39 is 0 Å². The summed E-state index contributed by atoms with van der Waals surface area (Å²) < 4.78 is 0.817. The molecule has 5 nitrogen and oxygen atoms in total. The van der Waals surface area contributed by atoms with Gasteiger partial charge in [-0.15, -0.1) is 10.2 Å². The summed E-state index contributed by atoms with van der Waals surface area (Å²) >= 11 is 2.94. The first-order valence-corrected chi connectivity index (χ1v) is 7.41. The number of anilines is 1. The van der Waals surface area contributed by atoms with Crippen LogP contribution in [0.5, 0.6) is 0 Å². The number of hydrogen-bond acceptors (Lipinski definition) is 7. The lowest BCUT2D eigenvalue weighted by molar-refractivity contribution is 0.999. The quantitative estimate of drug-likeness (QED) is 0.933. The number of aromatic nitrogens is 3. The Morgan fingerprint density at radius 3 is 2.89 bits per heavy atom. The Morgan fingerprint density at radius 2 is 2.21 bits per heavy atom. The normalized spacial score (nSPS) is 10.2. The number of pyridine rings is 1. The van der Waals surface area contributed by atoms with Crippen LogP contribution in [-0.4, -0.2) is 21.7 Å². The molecular weight excluding hydrogens is 278 g/mol. The van der Waals surface area contributed by atoms with Crippen molar-refractivity contribution in [1.82, 2.24) is 15.2 Å². The van der Waals surface area contributed by atoms with Gasteiger partial charge in [-0.25, -0.2) is 0 Å². The lowest BCUT2D eigenvalue weighted by Gasteiger charge is -2.05. The third kappa shape index (κ3) is 3.22. The van der Waals surface area contributed by atoms with Crippen LogP contribution in [0.4, 0.5) is 5.13 Å². The van der Waals surface area contributed by atoms with Crippen LogP contribution < -0.4 is 5.32 Å². The number of aryl methyl sites for hydroxylation is 2. The van der Waals surface area contributed by atoms with Gasteiger partial charge < -0.3 is 5.32 Å². The molecule has 2 aromatic rings. The van der Waals surface area contributed by atoms with E-state index >= 15 is 0 Å². The molecule has 0 bridgehead atoms. The van der Waals surface area contributed by atoms with Crippen molar-refractivity contribution < 1.29 is 0 Å². The summed E-state index contributed by atoms with van der Waals surface area (Å²) in [4.78, 5) is 5.18. The summed E-state index contributed by atoms with van der Waals surface area (Å²) in [6, 6.07) is 4.11. The fourth-order valence-electron chi connectivity index (χ4n) is 1.58. The fourth-order valence-corrected chi connectivity index (χ4v) is 3.59. The molecule has 2 rings (SSSR count). The molecule has 2 aromatic heterocycles. The van der Waals surface area contributed by atoms with E-state index in [4.69, 9.17) is 0 Å². The van der Waals surface area contributed by atoms with Gasteiger partial charge in [0.15, 0.2) is 4.34 Å². The minimum absolute atomic E-state index is 0.607. The van der Waals surface area contributed by atoms with Gasteiger partial charge in [-0.2, -0.15) is 5.26 Å². The van der Waals surface area contributed by atoms with E-state index in [1.54, 1.807) is 0 Å². The first kappa shape index (κ1) is 13.8. The summed E-state index contributed by atoms with van der Waals surface area (Å²) in [5.41, 5.74) is 2.26. The molecule has 0 aliphatic heterocycles. The van der Waals surface area contributed by atoms with E-state index in [0.717, 1.165) is 32.3 Å². The molecule has 2 heterocycles. The van der Waals surface area contributed by atoms with Crippen LogP contribution in [0.2, 0.25) is 0 Å². The first-order valence-electron chi connectivity index (χ1n) is 5.77. The van der Waals surface area contributed by atoms with Crippen LogP contribution >= 0.6 is 23.1 Å². The van der Waals surface area contributed by atoms with Crippen molar-refractivity contribution in [3.63, 3.8) is 0 Å². The van der Waals surface area contributed by atoms with Crippen LogP contribution in [0, 0.1) is 25.2 Å². The molecule has 0 aliphatic rings. The van der Waals surface area contributed by atoms with Gasteiger partial charge >= 0.3 is 0 Å². The largest absolute Gasteiger partial charge is 0.360 e. The number of nitriles is 1. The Bertz CT molecular complexity index is 630.